The van der Waals surface area contributed by atoms with E-state index in [-0.39, 0.29) is 30.1 Å². The SMILES string of the molecule is C[C@H](NC(CCc1ccccc1)C(=O)OC1CCCC1)C(=O)N1CCS(=O)CC1C(=O)O. The summed E-state index contributed by atoms with van der Waals surface area (Å²) in [5, 5.41) is 12.6. The Hall–Kier alpha value is -2.26. The fraction of sp³-hybridized carbons (Fsp3) is 0.609. The quantitative estimate of drug-likeness (QED) is 0.533. The number of carboxylic acids is 1. The Morgan fingerprint density at radius 1 is 1.22 bits per heavy atom. The monoisotopic (exact) mass is 464 g/mol. The standard InChI is InChI=1S/C23H32N2O6S/c1-16(21(26)25-13-14-32(30)15-20(25)22(27)28)24-19(12-11-17-7-3-2-4-8-17)23(29)31-18-9-5-6-10-18/h2-4,7-8,16,18-20,24H,5-6,9-15H2,1H3,(H,27,28)/t16-,19?,20?,32?/m0/s1. The van der Waals surface area contributed by atoms with Crippen LogP contribution in [0.25, 0.3) is 0 Å². The number of aliphatic carboxylic acids is 1. The van der Waals surface area contributed by atoms with Gasteiger partial charge in [-0.25, -0.2) is 4.79 Å². The number of carbonyl (C=O) groups excluding carboxylic acids is 2. The maximum atomic E-state index is 13.0. The molecule has 0 aromatic heterocycles. The van der Waals surface area contributed by atoms with Gasteiger partial charge in [0.25, 0.3) is 0 Å². The van der Waals surface area contributed by atoms with Crippen LogP contribution in [0, 0.1) is 0 Å². The van der Waals surface area contributed by atoms with Gasteiger partial charge in [0.1, 0.15) is 18.2 Å². The largest absolute Gasteiger partial charge is 0.480 e. The van der Waals surface area contributed by atoms with Crippen molar-refractivity contribution in [2.24, 2.45) is 0 Å². The molecule has 1 aliphatic heterocycles. The van der Waals surface area contributed by atoms with Gasteiger partial charge in [-0.1, -0.05) is 30.3 Å². The van der Waals surface area contributed by atoms with Crippen molar-refractivity contribution in [3.8, 4) is 0 Å². The number of aryl methyl sites for hydroxylation is 1. The molecule has 32 heavy (non-hydrogen) atoms. The lowest BCUT2D eigenvalue weighted by Crippen LogP contribution is -2.59. The molecule has 1 heterocycles. The fourth-order valence-corrected chi connectivity index (χ4v) is 5.51. The number of rotatable bonds is 9. The van der Waals surface area contributed by atoms with Crippen LogP contribution in [-0.2, 0) is 36.3 Å². The molecule has 1 aromatic carbocycles. The Morgan fingerprint density at radius 3 is 2.56 bits per heavy atom. The minimum Gasteiger partial charge on any atom is -0.480 e. The van der Waals surface area contributed by atoms with Crippen molar-refractivity contribution in [1.29, 1.82) is 0 Å². The van der Waals surface area contributed by atoms with Crippen LogP contribution in [0.4, 0.5) is 0 Å². The number of benzene rings is 1. The Balaban J connectivity index is 1.67. The lowest BCUT2D eigenvalue weighted by atomic mass is 10.0. The van der Waals surface area contributed by atoms with Gasteiger partial charge in [0.05, 0.1) is 11.8 Å². The number of hydrogen-bond donors (Lipinski definition) is 2. The maximum Gasteiger partial charge on any atom is 0.327 e. The summed E-state index contributed by atoms with van der Waals surface area (Å²) in [6.45, 7) is 1.75. The van der Waals surface area contributed by atoms with E-state index in [4.69, 9.17) is 4.74 Å². The van der Waals surface area contributed by atoms with Crippen LogP contribution in [0.1, 0.15) is 44.6 Å². The van der Waals surface area contributed by atoms with Crippen LogP contribution in [0.2, 0.25) is 0 Å². The number of esters is 1. The topological polar surface area (TPSA) is 113 Å². The first kappa shape index (κ1) is 24.4. The minimum atomic E-state index is -1.26. The van der Waals surface area contributed by atoms with Gasteiger partial charge in [-0.3, -0.25) is 19.1 Å². The number of hydrogen-bond acceptors (Lipinski definition) is 6. The van der Waals surface area contributed by atoms with Gasteiger partial charge in [-0.15, -0.1) is 0 Å². The Morgan fingerprint density at radius 2 is 1.91 bits per heavy atom. The van der Waals surface area contributed by atoms with Gasteiger partial charge < -0.3 is 14.7 Å². The number of carbonyl (C=O) groups is 3. The van der Waals surface area contributed by atoms with E-state index in [2.05, 4.69) is 5.32 Å². The molecule has 1 aliphatic carbocycles. The summed E-state index contributed by atoms with van der Waals surface area (Å²) in [7, 11) is -1.26. The third-order valence-corrected chi connectivity index (χ3v) is 7.43. The van der Waals surface area contributed by atoms with Crippen molar-refractivity contribution < 1.29 is 28.4 Å². The van der Waals surface area contributed by atoms with Crippen molar-refractivity contribution >= 4 is 28.6 Å². The molecular weight excluding hydrogens is 432 g/mol. The molecule has 0 radical (unpaired) electrons. The molecule has 9 heteroatoms. The Kier molecular flexibility index (Phi) is 8.81. The maximum absolute atomic E-state index is 13.0. The average molecular weight is 465 g/mol. The summed E-state index contributed by atoms with van der Waals surface area (Å²) in [5.74, 6) is -1.77. The Labute approximate surface area is 191 Å². The highest BCUT2D eigenvalue weighted by molar-refractivity contribution is 7.85. The van der Waals surface area contributed by atoms with Crippen molar-refractivity contribution in [3.63, 3.8) is 0 Å². The average Bonchev–Trinajstić information content (AvgIpc) is 3.29. The van der Waals surface area contributed by atoms with Gasteiger partial charge in [0.2, 0.25) is 5.91 Å². The normalized spacial score (nSPS) is 23.5. The number of nitrogens with zero attached hydrogens (tertiary/aromatic N) is 1. The second-order valence-corrected chi connectivity index (χ2v) is 10.1. The summed E-state index contributed by atoms with van der Waals surface area (Å²) >= 11 is 0. The lowest BCUT2D eigenvalue weighted by Gasteiger charge is -2.35. The van der Waals surface area contributed by atoms with Crippen LogP contribution >= 0.6 is 0 Å². The zero-order valence-corrected chi connectivity index (χ0v) is 19.2. The van der Waals surface area contributed by atoms with Crippen LogP contribution < -0.4 is 5.32 Å². The summed E-state index contributed by atoms with van der Waals surface area (Å²) in [4.78, 5) is 38.8. The molecule has 2 aliphatic rings. The molecule has 1 saturated carbocycles. The van der Waals surface area contributed by atoms with E-state index < -0.39 is 40.8 Å². The van der Waals surface area contributed by atoms with E-state index >= 15 is 0 Å². The molecule has 4 atom stereocenters. The molecular formula is C23H32N2O6S. The van der Waals surface area contributed by atoms with Crippen LogP contribution in [0.3, 0.4) is 0 Å². The summed E-state index contributed by atoms with van der Waals surface area (Å²) in [6, 6.07) is 7.20. The van der Waals surface area contributed by atoms with Crippen molar-refractivity contribution in [3.05, 3.63) is 35.9 Å². The van der Waals surface area contributed by atoms with Gasteiger partial charge in [0, 0.05) is 23.1 Å². The third-order valence-electron chi connectivity index (χ3n) is 6.10. The third kappa shape index (κ3) is 6.62. The second kappa shape index (κ2) is 11.6. The molecule has 1 amide bonds. The van der Waals surface area contributed by atoms with E-state index in [9.17, 15) is 23.7 Å². The lowest BCUT2D eigenvalue weighted by molar-refractivity contribution is -0.153. The van der Waals surface area contributed by atoms with Crippen molar-refractivity contribution in [1.82, 2.24) is 10.2 Å². The number of amides is 1. The molecule has 0 spiro atoms. The molecule has 2 fully saturated rings. The smallest absolute Gasteiger partial charge is 0.327 e. The minimum absolute atomic E-state index is 0.0745. The first-order valence-electron chi connectivity index (χ1n) is 11.2. The van der Waals surface area contributed by atoms with Crippen molar-refractivity contribution in [2.75, 3.05) is 18.1 Å². The highest BCUT2D eigenvalue weighted by Gasteiger charge is 2.38. The van der Waals surface area contributed by atoms with Crippen molar-refractivity contribution in [2.45, 2.75) is 69.7 Å². The first-order valence-corrected chi connectivity index (χ1v) is 12.7. The molecule has 2 N–H and O–H groups in total. The van der Waals surface area contributed by atoms with E-state index in [1.165, 1.54) is 4.90 Å². The fourth-order valence-electron chi connectivity index (χ4n) is 4.27. The number of ether oxygens (including phenoxy) is 1. The molecule has 1 saturated heterocycles. The predicted molar refractivity (Wildman–Crippen MR) is 121 cm³/mol. The summed E-state index contributed by atoms with van der Waals surface area (Å²) in [5.41, 5.74) is 1.08. The summed E-state index contributed by atoms with van der Waals surface area (Å²) in [6.07, 6.45) is 4.82. The first-order chi connectivity index (χ1) is 15.3. The van der Waals surface area contributed by atoms with Gasteiger partial charge >= 0.3 is 11.9 Å². The molecule has 176 valence electrons. The van der Waals surface area contributed by atoms with E-state index in [0.29, 0.717) is 12.8 Å². The predicted octanol–water partition coefficient (Wildman–Crippen LogP) is 1.50. The van der Waals surface area contributed by atoms with Gasteiger partial charge in [0.15, 0.2) is 0 Å². The zero-order valence-electron chi connectivity index (χ0n) is 18.4. The zero-order chi connectivity index (χ0) is 23.1. The van der Waals surface area contributed by atoms with Gasteiger partial charge in [-0.05, 0) is 51.0 Å². The highest BCUT2D eigenvalue weighted by atomic mass is 32.2. The van der Waals surface area contributed by atoms with Crippen LogP contribution in [0.5, 0.6) is 0 Å². The highest BCUT2D eigenvalue weighted by Crippen LogP contribution is 2.22. The van der Waals surface area contributed by atoms with Crippen LogP contribution in [0.15, 0.2) is 30.3 Å². The second-order valence-electron chi connectivity index (χ2n) is 8.50. The van der Waals surface area contributed by atoms with E-state index in [1.54, 1.807) is 6.92 Å². The van der Waals surface area contributed by atoms with Crippen LogP contribution in [-0.4, -0.2) is 74.3 Å². The molecule has 0 bridgehead atoms. The molecule has 8 nitrogen and oxygen atoms in total. The number of carboxylic acid groups (broad SMARTS) is 1. The number of nitrogens with one attached hydrogen (secondary N) is 1. The van der Waals surface area contributed by atoms with E-state index in [0.717, 1.165) is 31.2 Å². The summed E-state index contributed by atoms with van der Waals surface area (Å²) < 4.78 is 17.5. The molecule has 3 unspecified atom stereocenters. The van der Waals surface area contributed by atoms with E-state index in [1.807, 2.05) is 30.3 Å². The van der Waals surface area contributed by atoms with Gasteiger partial charge in [-0.2, -0.15) is 0 Å². The molecule has 1 aromatic rings. The molecule has 3 rings (SSSR count). The Bertz CT molecular complexity index is 827.